The molecule has 1 heterocycles. The van der Waals surface area contributed by atoms with Gasteiger partial charge in [-0.25, -0.2) is 4.79 Å². The molecule has 0 atom stereocenters. The number of carbonyl (C=O) groups is 2. The Morgan fingerprint density at radius 1 is 1.22 bits per heavy atom. The first-order valence-electron chi connectivity index (χ1n) is 8.44. The fourth-order valence-electron chi connectivity index (χ4n) is 2.70. The molecular weight excluding hydrogens is 412 g/mol. The van der Waals surface area contributed by atoms with Gasteiger partial charge in [0.2, 0.25) is 0 Å². The average molecular weight is 431 g/mol. The molecule has 140 valence electrons. The highest BCUT2D eigenvalue weighted by Gasteiger charge is 2.33. The van der Waals surface area contributed by atoms with Crippen LogP contribution in [0, 0.1) is 6.92 Å². The molecule has 7 heteroatoms. The lowest BCUT2D eigenvalue weighted by Crippen LogP contribution is -2.30. The van der Waals surface area contributed by atoms with E-state index in [4.69, 9.17) is 4.74 Å². The number of nitrogens with zero attached hydrogens (tertiary/aromatic N) is 1. The van der Waals surface area contributed by atoms with E-state index < -0.39 is 11.9 Å². The third-order valence-electron chi connectivity index (χ3n) is 4.09. The van der Waals surface area contributed by atoms with Crippen molar-refractivity contribution in [3.63, 3.8) is 0 Å². The highest BCUT2D eigenvalue weighted by atomic mass is 79.9. The van der Waals surface area contributed by atoms with Crippen LogP contribution in [-0.2, 0) is 11.3 Å². The molecule has 0 aliphatic carbocycles. The number of phenols is 1. The second-order valence-corrected chi connectivity index (χ2v) is 7.00. The van der Waals surface area contributed by atoms with Crippen molar-refractivity contribution in [1.29, 1.82) is 0 Å². The first-order valence-corrected chi connectivity index (χ1v) is 9.23. The summed E-state index contributed by atoms with van der Waals surface area (Å²) in [6.45, 7) is 4.37. The Hall–Kier alpha value is -2.80. The summed E-state index contributed by atoms with van der Waals surface area (Å²) >= 11 is 3.26. The van der Waals surface area contributed by atoms with E-state index in [0.29, 0.717) is 22.4 Å². The van der Waals surface area contributed by atoms with E-state index in [2.05, 4.69) is 21.2 Å². The second kappa shape index (κ2) is 7.84. The molecule has 1 aliphatic heterocycles. The number of nitrogens with one attached hydrogen (secondary N) is 1. The van der Waals surface area contributed by atoms with Gasteiger partial charge in [-0.1, -0.05) is 29.8 Å². The summed E-state index contributed by atoms with van der Waals surface area (Å²) in [5, 5.41) is 12.6. The highest BCUT2D eigenvalue weighted by Crippen LogP contribution is 2.36. The number of hydrogen-bond donors (Lipinski definition) is 2. The molecule has 2 aromatic rings. The maximum atomic E-state index is 12.6. The summed E-state index contributed by atoms with van der Waals surface area (Å²) in [6.07, 6.45) is 1.56. The van der Waals surface area contributed by atoms with Gasteiger partial charge in [-0.3, -0.25) is 9.69 Å². The smallest absolute Gasteiger partial charge is 0.329 e. The highest BCUT2D eigenvalue weighted by molar-refractivity contribution is 9.10. The number of carbonyl (C=O) groups excluding carboxylic acids is 2. The lowest BCUT2D eigenvalue weighted by Gasteiger charge is -2.12. The molecule has 27 heavy (non-hydrogen) atoms. The molecule has 1 saturated heterocycles. The monoisotopic (exact) mass is 430 g/mol. The van der Waals surface area contributed by atoms with Gasteiger partial charge < -0.3 is 15.2 Å². The largest absolute Gasteiger partial charge is 0.503 e. The molecule has 1 fully saturated rings. The van der Waals surface area contributed by atoms with Crippen LogP contribution in [-0.4, -0.2) is 28.6 Å². The fraction of sp³-hybridized carbons (Fsp3) is 0.200. The summed E-state index contributed by atoms with van der Waals surface area (Å²) in [7, 11) is 0. The van der Waals surface area contributed by atoms with Crippen molar-refractivity contribution in [3.05, 3.63) is 63.3 Å². The number of phenolic OH excluding ortho intramolecular Hbond substituents is 1. The summed E-state index contributed by atoms with van der Waals surface area (Å²) in [5.41, 5.74) is 2.77. The Kier molecular flexibility index (Phi) is 5.51. The molecule has 2 aromatic carbocycles. The van der Waals surface area contributed by atoms with Crippen LogP contribution in [0.5, 0.6) is 11.5 Å². The quantitative estimate of drug-likeness (QED) is 0.555. The van der Waals surface area contributed by atoms with Gasteiger partial charge in [0, 0.05) is 0 Å². The number of imide groups is 1. The molecule has 0 saturated carbocycles. The zero-order chi connectivity index (χ0) is 19.6. The average Bonchev–Trinajstić information content (AvgIpc) is 2.88. The minimum atomic E-state index is -0.463. The molecule has 1 aliphatic rings. The SMILES string of the molecule is CCOc1cc(/C=C2/NC(=O)N(Cc3ccc(C)cc3)C2=O)cc(Br)c1O. The van der Waals surface area contributed by atoms with Gasteiger partial charge in [0.05, 0.1) is 17.6 Å². The third-order valence-corrected chi connectivity index (χ3v) is 4.69. The van der Waals surface area contributed by atoms with E-state index in [1.54, 1.807) is 18.2 Å². The third kappa shape index (κ3) is 4.14. The number of ether oxygens (including phenoxy) is 1. The number of aromatic hydroxyl groups is 1. The number of benzene rings is 2. The Labute approximate surface area is 165 Å². The van der Waals surface area contributed by atoms with Crippen molar-refractivity contribution in [2.75, 3.05) is 6.61 Å². The predicted octanol–water partition coefficient (Wildman–Crippen LogP) is 3.95. The first-order chi connectivity index (χ1) is 12.9. The summed E-state index contributed by atoms with van der Waals surface area (Å²) in [6, 6.07) is 10.5. The van der Waals surface area contributed by atoms with Gasteiger partial charge in [-0.2, -0.15) is 0 Å². The van der Waals surface area contributed by atoms with Crippen LogP contribution >= 0.6 is 15.9 Å². The standard InChI is InChI=1S/C20H19BrN2O4/c1-3-27-17-10-14(8-15(21)18(17)24)9-16-19(25)23(20(26)22-16)11-13-6-4-12(2)5-7-13/h4-10,24H,3,11H2,1-2H3,(H,22,26)/b16-9+. The zero-order valence-electron chi connectivity index (χ0n) is 15.0. The van der Waals surface area contributed by atoms with Crippen LogP contribution in [0.3, 0.4) is 0 Å². The molecule has 6 nitrogen and oxygen atoms in total. The maximum absolute atomic E-state index is 12.6. The van der Waals surface area contributed by atoms with E-state index in [1.807, 2.05) is 38.1 Å². The molecule has 0 unspecified atom stereocenters. The van der Waals surface area contributed by atoms with E-state index in [1.165, 1.54) is 0 Å². The summed E-state index contributed by atoms with van der Waals surface area (Å²) in [4.78, 5) is 26.0. The zero-order valence-corrected chi connectivity index (χ0v) is 16.5. The van der Waals surface area contributed by atoms with Crippen LogP contribution in [0.2, 0.25) is 0 Å². The van der Waals surface area contributed by atoms with E-state index >= 15 is 0 Å². The van der Waals surface area contributed by atoms with Crippen molar-refractivity contribution >= 4 is 33.9 Å². The van der Waals surface area contributed by atoms with Gasteiger partial charge in [0.1, 0.15) is 5.70 Å². The maximum Gasteiger partial charge on any atom is 0.329 e. The van der Waals surface area contributed by atoms with Gasteiger partial charge in [0.25, 0.3) is 5.91 Å². The van der Waals surface area contributed by atoms with E-state index in [-0.39, 0.29) is 18.0 Å². The van der Waals surface area contributed by atoms with Crippen molar-refractivity contribution in [3.8, 4) is 11.5 Å². The summed E-state index contributed by atoms with van der Waals surface area (Å²) < 4.78 is 5.83. The Morgan fingerprint density at radius 2 is 1.93 bits per heavy atom. The van der Waals surface area contributed by atoms with Crippen LogP contribution < -0.4 is 10.1 Å². The van der Waals surface area contributed by atoms with Crippen molar-refractivity contribution in [2.24, 2.45) is 0 Å². The molecular formula is C20H19BrN2O4. The number of amides is 3. The number of aryl methyl sites for hydroxylation is 1. The van der Waals surface area contributed by atoms with E-state index in [0.717, 1.165) is 16.0 Å². The minimum absolute atomic E-state index is 0.0122. The predicted molar refractivity (Wildman–Crippen MR) is 105 cm³/mol. The number of hydrogen-bond acceptors (Lipinski definition) is 4. The molecule has 3 amide bonds. The molecule has 0 radical (unpaired) electrons. The molecule has 0 bridgehead atoms. The van der Waals surface area contributed by atoms with Gasteiger partial charge in [-0.15, -0.1) is 0 Å². The number of rotatable bonds is 5. The summed E-state index contributed by atoms with van der Waals surface area (Å²) in [5.74, 6) is -0.114. The second-order valence-electron chi connectivity index (χ2n) is 6.15. The van der Waals surface area contributed by atoms with Crippen LogP contribution in [0.4, 0.5) is 4.79 Å². The number of urea groups is 1. The lowest BCUT2D eigenvalue weighted by atomic mass is 10.1. The normalized spacial score (nSPS) is 15.4. The minimum Gasteiger partial charge on any atom is -0.503 e. The molecule has 0 aromatic heterocycles. The topological polar surface area (TPSA) is 78.9 Å². The van der Waals surface area contributed by atoms with Crippen molar-refractivity contribution in [1.82, 2.24) is 10.2 Å². The van der Waals surface area contributed by atoms with Gasteiger partial charge in [-0.05, 0) is 59.1 Å². The Balaban J connectivity index is 1.85. The first kappa shape index (κ1) is 19.0. The number of halogens is 1. The molecule has 2 N–H and O–H groups in total. The fourth-order valence-corrected chi connectivity index (χ4v) is 3.16. The van der Waals surface area contributed by atoms with Crippen LogP contribution in [0.1, 0.15) is 23.6 Å². The molecule has 0 spiro atoms. The van der Waals surface area contributed by atoms with Crippen molar-refractivity contribution < 1.29 is 19.4 Å². The Morgan fingerprint density at radius 3 is 2.59 bits per heavy atom. The lowest BCUT2D eigenvalue weighted by molar-refractivity contribution is -0.123. The van der Waals surface area contributed by atoms with Crippen molar-refractivity contribution in [2.45, 2.75) is 20.4 Å². The molecule has 3 rings (SSSR count). The van der Waals surface area contributed by atoms with Crippen LogP contribution in [0.15, 0.2) is 46.6 Å². The van der Waals surface area contributed by atoms with Gasteiger partial charge >= 0.3 is 6.03 Å². The Bertz CT molecular complexity index is 922. The van der Waals surface area contributed by atoms with E-state index in [9.17, 15) is 14.7 Å². The van der Waals surface area contributed by atoms with Gasteiger partial charge in [0.15, 0.2) is 11.5 Å². The van der Waals surface area contributed by atoms with Crippen LogP contribution in [0.25, 0.3) is 6.08 Å².